The SMILES string of the molecule is Cn1cnnc1S(=O)(=O)C1CCN(C(=O)NC(c2ccccc2)c2ccccc2)CC1. The van der Waals surface area contributed by atoms with Crippen LogP contribution in [0.2, 0.25) is 0 Å². The summed E-state index contributed by atoms with van der Waals surface area (Å²) in [6, 6.07) is 19.1. The van der Waals surface area contributed by atoms with Crippen LogP contribution in [0.15, 0.2) is 72.1 Å². The molecule has 9 heteroatoms. The van der Waals surface area contributed by atoms with E-state index >= 15 is 0 Å². The fourth-order valence-electron chi connectivity index (χ4n) is 3.91. The van der Waals surface area contributed by atoms with Gasteiger partial charge < -0.3 is 14.8 Å². The number of hydrogen-bond acceptors (Lipinski definition) is 5. The Balaban J connectivity index is 1.45. The summed E-state index contributed by atoms with van der Waals surface area (Å²) < 4.78 is 27.1. The molecule has 2 amide bonds. The number of urea groups is 1. The highest BCUT2D eigenvalue weighted by Gasteiger charge is 2.35. The number of benzene rings is 2. The van der Waals surface area contributed by atoms with Crippen LogP contribution in [0.4, 0.5) is 4.79 Å². The average Bonchev–Trinajstić information content (AvgIpc) is 3.25. The van der Waals surface area contributed by atoms with Crippen LogP contribution in [-0.2, 0) is 16.9 Å². The molecular weight excluding hydrogens is 414 g/mol. The van der Waals surface area contributed by atoms with Crippen LogP contribution in [0.3, 0.4) is 0 Å². The number of nitrogens with zero attached hydrogens (tertiary/aromatic N) is 4. The molecule has 31 heavy (non-hydrogen) atoms. The molecule has 0 unspecified atom stereocenters. The van der Waals surface area contributed by atoms with E-state index in [2.05, 4.69) is 15.5 Å². The quantitative estimate of drug-likeness (QED) is 0.659. The van der Waals surface area contributed by atoms with E-state index in [4.69, 9.17) is 0 Å². The summed E-state index contributed by atoms with van der Waals surface area (Å²) in [5.74, 6) is 0. The molecule has 4 rings (SSSR count). The van der Waals surface area contributed by atoms with Crippen molar-refractivity contribution in [3.8, 4) is 0 Å². The lowest BCUT2D eigenvalue weighted by molar-refractivity contribution is 0.184. The summed E-state index contributed by atoms with van der Waals surface area (Å²) in [4.78, 5) is 14.7. The smallest absolute Gasteiger partial charge is 0.318 e. The number of aryl methyl sites for hydroxylation is 1. The van der Waals surface area contributed by atoms with Gasteiger partial charge >= 0.3 is 6.03 Å². The monoisotopic (exact) mass is 439 g/mol. The van der Waals surface area contributed by atoms with Gasteiger partial charge in [-0.05, 0) is 24.0 Å². The standard InChI is InChI=1S/C22H25N5O3S/c1-26-16-23-25-22(26)31(29,30)19-12-14-27(15-13-19)21(28)24-20(17-8-4-2-5-9-17)18-10-6-3-7-11-18/h2-11,16,19-20H,12-15H2,1H3,(H,24,28). The molecule has 1 N–H and O–H groups in total. The Hall–Kier alpha value is -3.20. The lowest BCUT2D eigenvalue weighted by Gasteiger charge is -2.33. The highest BCUT2D eigenvalue weighted by atomic mass is 32.2. The molecule has 3 aromatic rings. The van der Waals surface area contributed by atoms with Gasteiger partial charge in [0, 0.05) is 20.1 Å². The van der Waals surface area contributed by atoms with E-state index in [0.717, 1.165) is 11.1 Å². The van der Waals surface area contributed by atoms with Gasteiger partial charge in [-0.2, -0.15) is 0 Å². The lowest BCUT2D eigenvalue weighted by atomic mass is 9.99. The Bertz CT molecular complexity index is 1080. The van der Waals surface area contributed by atoms with Crippen molar-refractivity contribution >= 4 is 15.9 Å². The van der Waals surface area contributed by atoms with Gasteiger partial charge in [-0.1, -0.05) is 60.7 Å². The predicted octanol–water partition coefficient (Wildman–Crippen LogP) is 2.55. The maximum Gasteiger partial charge on any atom is 0.318 e. The van der Waals surface area contributed by atoms with Crippen molar-refractivity contribution in [2.75, 3.05) is 13.1 Å². The molecule has 8 nitrogen and oxygen atoms in total. The van der Waals surface area contributed by atoms with Crippen LogP contribution in [0.1, 0.15) is 30.0 Å². The summed E-state index contributed by atoms with van der Waals surface area (Å²) in [5, 5.41) is 9.96. The molecule has 2 aromatic carbocycles. The van der Waals surface area contributed by atoms with E-state index in [1.807, 2.05) is 60.7 Å². The number of likely N-dealkylation sites (tertiary alicyclic amines) is 1. The molecule has 0 saturated carbocycles. The molecule has 0 atom stereocenters. The van der Waals surface area contributed by atoms with Gasteiger partial charge in [0.25, 0.3) is 0 Å². The number of rotatable bonds is 5. The van der Waals surface area contributed by atoms with Gasteiger partial charge in [-0.15, -0.1) is 10.2 Å². The van der Waals surface area contributed by atoms with Crippen molar-refractivity contribution in [3.63, 3.8) is 0 Å². The lowest BCUT2D eigenvalue weighted by Crippen LogP contribution is -2.48. The minimum Gasteiger partial charge on any atom is -0.327 e. The van der Waals surface area contributed by atoms with Gasteiger partial charge in [-0.25, -0.2) is 13.2 Å². The number of piperidine rings is 1. The fourth-order valence-corrected chi connectivity index (χ4v) is 5.65. The number of nitrogens with one attached hydrogen (secondary N) is 1. The molecule has 0 radical (unpaired) electrons. The van der Waals surface area contributed by atoms with E-state index in [0.29, 0.717) is 25.9 Å². The topological polar surface area (TPSA) is 97.2 Å². The Morgan fingerprint density at radius 3 is 2.03 bits per heavy atom. The van der Waals surface area contributed by atoms with Crippen molar-refractivity contribution in [1.82, 2.24) is 25.0 Å². The Labute approximate surface area is 181 Å². The summed E-state index contributed by atoms with van der Waals surface area (Å²) in [6.45, 7) is 0.730. The second kappa shape index (κ2) is 8.89. The third-order valence-corrected chi connectivity index (χ3v) is 7.85. The highest BCUT2D eigenvalue weighted by Crippen LogP contribution is 2.25. The molecular formula is C22H25N5O3S. The Morgan fingerprint density at radius 1 is 1.00 bits per heavy atom. The summed E-state index contributed by atoms with van der Waals surface area (Å²) in [7, 11) is -1.96. The zero-order valence-electron chi connectivity index (χ0n) is 17.3. The van der Waals surface area contributed by atoms with Crippen LogP contribution >= 0.6 is 0 Å². The van der Waals surface area contributed by atoms with E-state index < -0.39 is 15.1 Å². The third kappa shape index (κ3) is 4.46. The largest absolute Gasteiger partial charge is 0.327 e. The van der Waals surface area contributed by atoms with Crippen molar-refractivity contribution in [3.05, 3.63) is 78.1 Å². The molecule has 1 aliphatic heterocycles. The van der Waals surface area contributed by atoms with Crippen molar-refractivity contribution < 1.29 is 13.2 Å². The molecule has 0 aliphatic carbocycles. The molecule has 0 bridgehead atoms. The third-order valence-electron chi connectivity index (χ3n) is 5.63. The normalized spacial score (nSPS) is 15.2. The summed E-state index contributed by atoms with van der Waals surface area (Å²) >= 11 is 0. The van der Waals surface area contributed by atoms with E-state index in [9.17, 15) is 13.2 Å². The minimum absolute atomic E-state index is 0.0244. The first-order valence-corrected chi connectivity index (χ1v) is 11.7. The molecule has 1 saturated heterocycles. The van der Waals surface area contributed by atoms with Crippen LogP contribution in [0.25, 0.3) is 0 Å². The first-order valence-electron chi connectivity index (χ1n) is 10.2. The average molecular weight is 440 g/mol. The molecule has 1 aromatic heterocycles. The van der Waals surface area contributed by atoms with E-state index in [1.54, 1.807) is 11.9 Å². The molecule has 1 aliphatic rings. The predicted molar refractivity (Wildman–Crippen MR) is 116 cm³/mol. The number of amides is 2. The number of carbonyl (C=O) groups is 1. The first kappa shape index (κ1) is 21.0. The molecule has 1 fully saturated rings. The summed E-state index contributed by atoms with van der Waals surface area (Å²) in [5.41, 5.74) is 1.98. The molecule has 0 spiro atoms. The zero-order chi connectivity index (χ0) is 21.8. The van der Waals surface area contributed by atoms with Crippen molar-refractivity contribution in [2.24, 2.45) is 7.05 Å². The van der Waals surface area contributed by atoms with Gasteiger partial charge in [0.1, 0.15) is 6.33 Å². The van der Waals surface area contributed by atoms with Gasteiger partial charge in [0.2, 0.25) is 15.0 Å². The minimum atomic E-state index is -3.58. The highest BCUT2D eigenvalue weighted by molar-refractivity contribution is 7.91. The van der Waals surface area contributed by atoms with E-state index in [1.165, 1.54) is 10.9 Å². The van der Waals surface area contributed by atoms with Crippen molar-refractivity contribution in [1.29, 1.82) is 0 Å². The van der Waals surface area contributed by atoms with Crippen LogP contribution < -0.4 is 5.32 Å². The van der Waals surface area contributed by atoms with Crippen molar-refractivity contribution in [2.45, 2.75) is 29.3 Å². The van der Waals surface area contributed by atoms with Gasteiger partial charge in [-0.3, -0.25) is 0 Å². The van der Waals surface area contributed by atoms with Crippen LogP contribution in [-0.4, -0.2) is 52.5 Å². The number of hydrogen-bond donors (Lipinski definition) is 1. The zero-order valence-corrected chi connectivity index (χ0v) is 18.1. The maximum atomic E-state index is 13.0. The second-order valence-electron chi connectivity index (χ2n) is 7.66. The van der Waals surface area contributed by atoms with Gasteiger partial charge in [0.05, 0.1) is 11.3 Å². The van der Waals surface area contributed by atoms with Crippen LogP contribution in [0.5, 0.6) is 0 Å². The fraction of sp³-hybridized carbons (Fsp3) is 0.318. The first-order chi connectivity index (χ1) is 15.0. The Morgan fingerprint density at radius 2 is 1.55 bits per heavy atom. The number of carbonyl (C=O) groups excluding carboxylic acids is 1. The van der Waals surface area contributed by atoms with Crippen LogP contribution in [0, 0.1) is 0 Å². The second-order valence-corrected chi connectivity index (χ2v) is 9.78. The summed E-state index contributed by atoms with van der Waals surface area (Å²) in [6.07, 6.45) is 2.11. The number of aromatic nitrogens is 3. The maximum absolute atomic E-state index is 13.0. The van der Waals surface area contributed by atoms with Gasteiger partial charge in [0.15, 0.2) is 0 Å². The Kier molecular flexibility index (Phi) is 6.03. The number of sulfone groups is 1. The molecule has 2 heterocycles. The molecule has 162 valence electrons. The van der Waals surface area contributed by atoms with E-state index in [-0.39, 0.29) is 17.2 Å².